The van der Waals surface area contributed by atoms with Gasteiger partial charge in [0.2, 0.25) is 11.5 Å². The molecule has 1 aromatic heterocycles. The van der Waals surface area contributed by atoms with E-state index < -0.39 is 0 Å². The molecule has 0 radical (unpaired) electrons. The largest absolute Gasteiger partial charge is 0.357 e. The van der Waals surface area contributed by atoms with Crippen LogP contribution in [0.1, 0.15) is 24.4 Å². The number of aromatic nitrogens is 1. The molecule has 6 heteroatoms. The number of benzene rings is 1. The Kier molecular flexibility index (Phi) is 5.47. The fraction of sp³-hybridized carbons (Fsp3) is 0.250. The molecule has 116 valence electrons. The van der Waals surface area contributed by atoms with Crippen molar-refractivity contribution < 1.29 is 9.32 Å². The van der Waals surface area contributed by atoms with Gasteiger partial charge in [0, 0.05) is 22.2 Å². The van der Waals surface area contributed by atoms with Crippen LogP contribution in [0.4, 0.5) is 0 Å². The molecule has 0 unspecified atom stereocenters. The summed E-state index contributed by atoms with van der Waals surface area (Å²) in [6.07, 6.45) is 0. The molecule has 0 atom stereocenters. The third-order valence-corrected chi connectivity index (χ3v) is 4.78. The van der Waals surface area contributed by atoms with E-state index in [4.69, 9.17) is 4.52 Å². The molecule has 0 aliphatic carbocycles. The van der Waals surface area contributed by atoms with Crippen LogP contribution in [0.3, 0.4) is 0 Å². The lowest BCUT2D eigenvalue weighted by Crippen LogP contribution is -2.25. The number of rotatable bonds is 4. The van der Waals surface area contributed by atoms with Crippen molar-refractivity contribution in [3.8, 4) is 11.3 Å². The lowest BCUT2D eigenvalue weighted by Gasteiger charge is -2.16. The summed E-state index contributed by atoms with van der Waals surface area (Å²) >= 11 is 1.76. The zero-order valence-corrected chi connectivity index (χ0v) is 14.9. The molecule has 0 N–H and O–H groups in total. The molecule has 0 saturated heterocycles. The molecule has 2 heterocycles. The molecule has 0 spiro atoms. The highest BCUT2D eigenvalue weighted by molar-refractivity contribution is 8.93. The molecule has 0 bridgehead atoms. The SMILES string of the molecule is Br.CC1=C(C)N(CC(=O)c2cc(-c3ccccc3)no2)CS1. The summed E-state index contributed by atoms with van der Waals surface area (Å²) in [6, 6.07) is 11.4. The first-order valence-corrected chi connectivity index (χ1v) is 7.74. The number of Topliss-reactive ketones (excluding diaryl/α,β-unsaturated/α-hetero) is 1. The van der Waals surface area contributed by atoms with Gasteiger partial charge in [-0.15, -0.1) is 28.7 Å². The van der Waals surface area contributed by atoms with Crippen LogP contribution in [0.5, 0.6) is 0 Å². The fourth-order valence-corrected chi connectivity index (χ4v) is 3.14. The Hall–Kier alpha value is -1.53. The fourth-order valence-electron chi connectivity index (χ4n) is 2.17. The van der Waals surface area contributed by atoms with E-state index >= 15 is 0 Å². The van der Waals surface area contributed by atoms with Crippen LogP contribution < -0.4 is 0 Å². The van der Waals surface area contributed by atoms with Crippen molar-refractivity contribution in [1.82, 2.24) is 10.1 Å². The number of carbonyl (C=O) groups is 1. The summed E-state index contributed by atoms with van der Waals surface area (Å²) in [5.74, 6) is 1.10. The van der Waals surface area contributed by atoms with E-state index in [1.165, 1.54) is 4.91 Å². The van der Waals surface area contributed by atoms with E-state index in [2.05, 4.69) is 17.0 Å². The van der Waals surface area contributed by atoms with Crippen LogP contribution in [-0.2, 0) is 0 Å². The van der Waals surface area contributed by atoms with Crippen molar-refractivity contribution in [1.29, 1.82) is 0 Å². The third-order valence-electron chi connectivity index (χ3n) is 3.61. The quantitative estimate of drug-likeness (QED) is 0.737. The summed E-state index contributed by atoms with van der Waals surface area (Å²) in [6.45, 7) is 4.45. The van der Waals surface area contributed by atoms with Crippen LogP contribution in [0.25, 0.3) is 11.3 Å². The molecule has 1 aromatic carbocycles. The van der Waals surface area contributed by atoms with Crippen LogP contribution in [0.2, 0.25) is 0 Å². The monoisotopic (exact) mass is 380 g/mol. The van der Waals surface area contributed by atoms with Crippen LogP contribution >= 0.6 is 28.7 Å². The number of hydrogen-bond donors (Lipinski definition) is 0. The van der Waals surface area contributed by atoms with E-state index in [9.17, 15) is 4.79 Å². The topological polar surface area (TPSA) is 46.3 Å². The van der Waals surface area contributed by atoms with Crippen molar-refractivity contribution in [3.63, 3.8) is 0 Å². The van der Waals surface area contributed by atoms with Gasteiger partial charge < -0.3 is 9.42 Å². The van der Waals surface area contributed by atoms with Crippen LogP contribution in [0, 0.1) is 0 Å². The van der Waals surface area contributed by atoms with Crippen molar-refractivity contribution in [2.75, 3.05) is 12.4 Å². The van der Waals surface area contributed by atoms with Crippen molar-refractivity contribution in [2.45, 2.75) is 13.8 Å². The first-order chi connectivity index (χ1) is 10.1. The van der Waals surface area contributed by atoms with Gasteiger partial charge in [-0.05, 0) is 13.8 Å². The zero-order valence-electron chi connectivity index (χ0n) is 12.4. The molecule has 0 fully saturated rings. The second kappa shape index (κ2) is 7.15. The Balaban J connectivity index is 0.00000176. The van der Waals surface area contributed by atoms with Gasteiger partial charge in [-0.1, -0.05) is 35.5 Å². The predicted octanol–water partition coefficient (Wildman–Crippen LogP) is 4.36. The van der Waals surface area contributed by atoms with Gasteiger partial charge in [-0.3, -0.25) is 4.79 Å². The Bertz CT molecular complexity index is 697. The number of hydrogen-bond acceptors (Lipinski definition) is 5. The highest BCUT2D eigenvalue weighted by Crippen LogP contribution is 2.31. The van der Waals surface area contributed by atoms with E-state index in [1.807, 2.05) is 37.3 Å². The van der Waals surface area contributed by atoms with E-state index in [-0.39, 0.29) is 22.8 Å². The molecule has 0 saturated carbocycles. The summed E-state index contributed by atoms with van der Waals surface area (Å²) in [5.41, 5.74) is 2.80. The standard InChI is InChI=1S/C16H16N2O2S.BrH/c1-11-12(2)21-10-18(11)9-15(19)16-8-14(17-20-16)13-6-4-3-5-7-13;/h3-8H,9-10H2,1-2H3;1H. The number of thioether (sulfide) groups is 1. The zero-order chi connectivity index (χ0) is 14.8. The molecule has 1 aliphatic heterocycles. The second-order valence-electron chi connectivity index (χ2n) is 4.98. The van der Waals surface area contributed by atoms with Gasteiger partial charge in [0.05, 0.1) is 12.4 Å². The second-order valence-corrected chi connectivity index (χ2v) is 6.14. The molecule has 0 amide bonds. The minimum absolute atomic E-state index is 0. The molecule has 1 aliphatic rings. The Morgan fingerprint density at radius 3 is 2.68 bits per heavy atom. The van der Waals surface area contributed by atoms with E-state index in [0.717, 1.165) is 17.1 Å². The maximum atomic E-state index is 12.3. The van der Waals surface area contributed by atoms with Crippen LogP contribution in [0.15, 0.2) is 51.5 Å². The Morgan fingerprint density at radius 2 is 2.05 bits per heavy atom. The lowest BCUT2D eigenvalue weighted by molar-refractivity contribution is 0.0922. The minimum Gasteiger partial charge on any atom is -0.357 e. The average molecular weight is 381 g/mol. The number of halogens is 1. The summed E-state index contributed by atoms with van der Waals surface area (Å²) in [4.78, 5) is 15.6. The van der Waals surface area contributed by atoms with Gasteiger partial charge in [0.15, 0.2) is 0 Å². The lowest BCUT2D eigenvalue weighted by atomic mass is 10.1. The molecule has 22 heavy (non-hydrogen) atoms. The highest BCUT2D eigenvalue weighted by Gasteiger charge is 2.22. The maximum absolute atomic E-state index is 12.3. The van der Waals surface area contributed by atoms with Gasteiger partial charge in [-0.2, -0.15) is 0 Å². The Morgan fingerprint density at radius 1 is 1.32 bits per heavy atom. The highest BCUT2D eigenvalue weighted by atomic mass is 79.9. The van der Waals surface area contributed by atoms with E-state index in [0.29, 0.717) is 18.0 Å². The van der Waals surface area contributed by atoms with Crippen molar-refractivity contribution in [2.24, 2.45) is 0 Å². The summed E-state index contributed by atoms with van der Waals surface area (Å²) < 4.78 is 5.20. The number of ketones is 1. The molecular weight excluding hydrogens is 364 g/mol. The number of nitrogens with zero attached hydrogens (tertiary/aromatic N) is 2. The maximum Gasteiger partial charge on any atom is 0.220 e. The van der Waals surface area contributed by atoms with Gasteiger partial charge in [-0.25, -0.2) is 0 Å². The third kappa shape index (κ3) is 3.44. The smallest absolute Gasteiger partial charge is 0.220 e. The predicted molar refractivity (Wildman–Crippen MR) is 94.1 cm³/mol. The minimum atomic E-state index is -0.0423. The van der Waals surface area contributed by atoms with Gasteiger partial charge in [0.1, 0.15) is 5.69 Å². The first-order valence-electron chi connectivity index (χ1n) is 6.75. The van der Waals surface area contributed by atoms with Crippen molar-refractivity contribution >= 4 is 34.5 Å². The number of carbonyl (C=O) groups excluding carboxylic acids is 1. The Labute approximate surface area is 144 Å². The molecule has 2 aromatic rings. The summed E-state index contributed by atoms with van der Waals surface area (Å²) in [7, 11) is 0. The van der Waals surface area contributed by atoms with Gasteiger partial charge in [0.25, 0.3) is 0 Å². The number of allylic oxidation sites excluding steroid dienone is 2. The first kappa shape index (κ1) is 16.8. The molecular formula is C16H17BrN2O2S. The van der Waals surface area contributed by atoms with Crippen LogP contribution in [-0.4, -0.2) is 28.3 Å². The normalized spacial score (nSPS) is 14.2. The average Bonchev–Trinajstić information content (AvgIpc) is 3.11. The van der Waals surface area contributed by atoms with Crippen molar-refractivity contribution in [3.05, 3.63) is 52.8 Å². The molecule has 4 nitrogen and oxygen atoms in total. The summed E-state index contributed by atoms with van der Waals surface area (Å²) in [5, 5.41) is 3.98. The van der Waals surface area contributed by atoms with Gasteiger partial charge >= 0.3 is 0 Å². The van der Waals surface area contributed by atoms with E-state index in [1.54, 1.807) is 17.8 Å². The molecule has 3 rings (SSSR count).